The van der Waals surface area contributed by atoms with Crippen LogP contribution in [-0.2, 0) is 44.1 Å². The van der Waals surface area contributed by atoms with Crippen LogP contribution in [0.2, 0.25) is 0 Å². The van der Waals surface area contributed by atoms with Crippen LogP contribution in [0.3, 0.4) is 0 Å². The Labute approximate surface area is 315 Å². The first kappa shape index (κ1) is 35.6. The van der Waals surface area contributed by atoms with E-state index in [9.17, 15) is 0 Å². The molecule has 5 aromatic rings. The topological polar surface area (TPSA) is 0 Å². The Kier molecular flexibility index (Phi) is 12.4. The van der Waals surface area contributed by atoms with Crippen LogP contribution in [0.4, 0.5) is 0 Å². The fraction of sp³-hybridized carbons (Fsp3) is 0.100. The van der Waals surface area contributed by atoms with Gasteiger partial charge >= 0.3 is 187 Å². The second-order valence-corrected chi connectivity index (χ2v) is 21.7. The van der Waals surface area contributed by atoms with E-state index in [1.54, 1.807) is 24.7 Å². The monoisotopic (exact) mass is 830 g/mol. The van der Waals surface area contributed by atoms with Crippen LogP contribution in [-0.4, -0.2) is 0 Å². The zero-order valence-electron chi connectivity index (χ0n) is 24.8. The molecule has 226 valence electrons. The molecule has 4 aliphatic carbocycles. The van der Waals surface area contributed by atoms with E-state index < -0.39 is 19.4 Å². The van der Waals surface area contributed by atoms with Gasteiger partial charge in [-0.15, -0.1) is 0 Å². The molecular formula is C40H30Cl4Zr2. The number of benzene rings is 5. The van der Waals surface area contributed by atoms with Crippen LogP contribution < -0.4 is 24.8 Å². The number of hydrogen-bond acceptors (Lipinski definition) is 0. The molecule has 9 rings (SSSR count). The third kappa shape index (κ3) is 7.15. The molecule has 0 fully saturated rings. The molecule has 0 heterocycles. The van der Waals surface area contributed by atoms with Crippen LogP contribution in [0.5, 0.6) is 0 Å². The van der Waals surface area contributed by atoms with Gasteiger partial charge in [0.25, 0.3) is 0 Å². The predicted molar refractivity (Wildman–Crippen MR) is 180 cm³/mol. The van der Waals surface area contributed by atoms with E-state index in [1.165, 1.54) is 55.6 Å². The quantitative estimate of drug-likeness (QED) is 0.218. The number of halogens is 4. The molecule has 0 bridgehead atoms. The van der Waals surface area contributed by atoms with E-state index in [0.717, 1.165) is 0 Å². The summed E-state index contributed by atoms with van der Waals surface area (Å²) in [6, 6.07) is 43.3. The van der Waals surface area contributed by atoms with E-state index in [2.05, 4.69) is 146 Å². The summed E-state index contributed by atoms with van der Waals surface area (Å²) in [6.45, 7) is 0. The minimum absolute atomic E-state index is 0. The Bertz CT molecular complexity index is 1810. The van der Waals surface area contributed by atoms with Crippen molar-refractivity contribution in [2.75, 3.05) is 0 Å². The summed E-state index contributed by atoms with van der Waals surface area (Å²) in [5, 5.41) is 0. The summed E-state index contributed by atoms with van der Waals surface area (Å²) in [4.78, 5) is 0. The molecule has 46 heavy (non-hydrogen) atoms. The van der Waals surface area contributed by atoms with Crippen molar-refractivity contribution < 1.29 is 68.9 Å². The average molecular weight is 835 g/mol. The van der Waals surface area contributed by atoms with Crippen LogP contribution in [0.25, 0.3) is 29.4 Å². The predicted octanol–water partition coefficient (Wildman–Crippen LogP) is 5.60. The van der Waals surface area contributed by atoms with Crippen LogP contribution >= 0.6 is 17.0 Å². The van der Waals surface area contributed by atoms with Gasteiger partial charge in [-0.1, -0.05) is 72.8 Å². The van der Waals surface area contributed by atoms with Gasteiger partial charge in [0.2, 0.25) is 0 Å². The maximum atomic E-state index is 6.02. The molecule has 0 amide bonds. The Morgan fingerprint density at radius 2 is 0.783 bits per heavy atom. The van der Waals surface area contributed by atoms with Gasteiger partial charge < -0.3 is 24.8 Å². The molecule has 0 saturated heterocycles. The first-order chi connectivity index (χ1) is 21.6. The molecule has 0 radical (unpaired) electrons. The van der Waals surface area contributed by atoms with Gasteiger partial charge in [-0.3, -0.25) is 0 Å². The zero-order chi connectivity index (χ0) is 30.0. The van der Waals surface area contributed by atoms with E-state index in [-0.39, 0.29) is 24.8 Å². The molecule has 3 unspecified atom stereocenters. The van der Waals surface area contributed by atoms with E-state index in [4.69, 9.17) is 17.0 Å². The molecular weight excluding hydrogens is 805 g/mol. The summed E-state index contributed by atoms with van der Waals surface area (Å²) in [5.41, 5.74) is 14.2. The molecule has 0 nitrogen and oxygen atoms in total. The van der Waals surface area contributed by atoms with Gasteiger partial charge in [-0.05, 0) is 22.3 Å². The Morgan fingerprint density at radius 3 is 1.24 bits per heavy atom. The minimum atomic E-state index is -2.13. The molecule has 0 spiro atoms. The number of rotatable bonds is 2. The van der Waals surface area contributed by atoms with Gasteiger partial charge in [0, 0.05) is 11.8 Å². The molecule has 3 atom stereocenters. The van der Waals surface area contributed by atoms with Crippen molar-refractivity contribution >= 4 is 35.3 Å². The van der Waals surface area contributed by atoms with Crippen molar-refractivity contribution in [1.82, 2.24) is 0 Å². The molecule has 0 N–H and O–H groups in total. The van der Waals surface area contributed by atoms with E-state index in [1.807, 2.05) is 12.1 Å². The number of hydrogen-bond donors (Lipinski definition) is 0. The van der Waals surface area contributed by atoms with Crippen LogP contribution in [0.15, 0.2) is 140 Å². The number of allylic oxidation sites excluding steroid dienone is 3. The summed E-state index contributed by atoms with van der Waals surface area (Å²) in [5.74, 6) is 1.00. The van der Waals surface area contributed by atoms with Crippen LogP contribution in [0, 0.1) is 0 Å². The van der Waals surface area contributed by atoms with Crippen molar-refractivity contribution in [2.45, 2.75) is 19.1 Å². The maximum absolute atomic E-state index is 6.02. The van der Waals surface area contributed by atoms with Gasteiger partial charge in [0.1, 0.15) is 0 Å². The van der Waals surface area contributed by atoms with Gasteiger partial charge in [0.05, 0.1) is 0 Å². The summed E-state index contributed by atoms with van der Waals surface area (Å²) < 4.78 is 1.02. The van der Waals surface area contributed by atoms with Gasteiger partial charge in [-0.2, -0.15) is 0 Å². The van der Waals surface area contributed by atoms with Gasteiger partial charge in [-0.25, -0.2) is 0 Å². The van der Waals surface area contributed by atoms with Gasteiger partial charge in [0.15, 0.2) is 0 Å². The fourth-order valence-corrected chi connectivity index (χ4v) is 12.1. The molecule has 0 aliphatic heterocycles. The van der Waals surface area contributed by atoms with E-state index >= 15 is 0 Å². The Hall–Kier alpha value is -1.75. The standard InChI is InChI=1S/C18H14.C13H9.C9H7.4ClH.2Zr/c1-3-7-15-13(5-1)9-11-17(15)18-12-10-14-6-2-4-8-16(14)18;1-3-7-12-10(5-1)9-11-6-2-4-8-13(11)12;1-2-5-9-7-3-6-8(9)4-1;;;;;;/h1-12,17-18H;1-9H;1-7H;4*1H;;/q;;;;;;;2*+2/p-4. The Balaban J connectivity index is 0.000000136. The second kappa shape index (κ2) is 16.1. The first-order valence-corrected chi connectivity index (χ1v) is 24.2. The first-order valence-electron chi connectivity index (χ1n) is 15.0. The summed E-state index contributed by atoms with van der Waals surface area (Å²) >= 11 is -0.542. The third-order valence-electron chi connectivity index (χ3n) is 8.93. The number of fused-ring (bicyclic) bond motifs is 6. The average Bonchev–Trinajstić information content (AvgIpc) is 3.86. The van der Waals surface area contributed by atoms with Crippen molar-refractivity contribution in [3.63, 3.8) is 0 Å². The summed E-state index contributed by atoms with van der Waals surface area (Å²) in [7, 11) is 12.0. The van der Waals surface area contributed by atoms with Crippen molar-refractivity contribution in [3.05, 3.63) is 184 Å². The molecule has 5 aromatic carbocycles. The van der Waals surface area contributed by atoms with Crippen molar-refractivity contribution in [1.29, 1.82) is 0 Å². The third-order valence-corrected chi connectivity index (χ3v) is 15.6. The van der Waals surface area contributed by atoms with E-state index in [0.29, 0.717) is 19.1 Å². The van der Waals surface area contributed by atoms with Crippen molar-refractivity contribution in [3.8, 4) is 11.1 Å². The molecule has 6 heteroatoms. The molecule has 0 saturated carbocycles. The zero-order valence-corrected chi connectivity index (χ0v) is 32.8. The summed E-state index contributed by atoms with van der Waals surface area (Å²) in [6.07, 6.45) is 13.5. The van der Waals surface area contributed by atoms with Crippen molar-refractivity contribution in [2.24, 2.45) is 0 Å². The SMILES string of the molecule is C1=CC(C2C=Cc3ccccc32)c2ccccc21.[Cl-].[Cl-].[Cl][Zr]([Cl])[CH]1C=Cc2ccccc21.[Zr+2][CH]1c2ccccc2-c2ccccc21. The fourth-order valence-electron chi connectivity index (χ4n) is 6.78. The Morgan fingerprint density at radius 1 is 0.435 bits per heavy atom. The molecule has 4 aliphatic rings. The molecule has 0 aromatic heterocycles. The second-order valence-electron chi connectivity index (χ2n) is 11.4. The van der Waals surface area contributed by atoms with Crippen LogP contribution in [0.1, 0.15) is 63.6 Å². The normalized spacial score (nSPS) is 18.3.